The van der Waals surface area contributed by atoms with Crippen molar-refractivity contribution in [3.8, 4) is 0 Å². The molecule has 2 aliphatic rings. The van der Waals surface area contributed by atoms with E-state index >= 15 is 0 Å². The van der Waals surface area contributed by atoms with E-state index in [1.807, 2.05) is 71.9 Å². The summed E-state index contributed by atoms with van der Waals surface area (Å²) in [5, 5.41) is 11.2. The maximum absolute atomic E-state index is 15.0. The number of nitrogens with one attached hydrogen (secondary N) is 4. The third-order valence-electron chi connectivity index (χ3n) is 10.8. The first-order chi connectivity index (χ1) is 26.9. The first-order valence-corrected chi connectivity index (χ1v) is 21.4. The molecule has 14 nitrogen and oxygen atoms in total. The lowest BCUT2D eigenvalue weighted by Crippen LogP contribution is -2.61. The van der Waals surface area contributed by atoms with E-state index in [4.69, 9.17) is 0 Å². The van der Waals surface area contributed by atoms with Gasteiger partial charge in [-0.05, 0) is 81.0 Å². The number of Topliss-reactive ketones (excluding diaryl/α,β-unsaturated/α-hetero) is 1. The van der Waals surface area contributed by atoms with E-state index in [1.165, 1.54) is 24.2 Å². The van der Waals surface area contributed by atoms with Gasteiger partial charge in [0.25, 0.3) is 15.9 Å². The highest BCUT2D eigenvalue weighted by Crippen LogP contribution is 2.33. The molecule has 4 N–H and O–H groups in total. The minimum Gasteiger partial charge on any atom is -0.350 e. The number of benzene rings is 1. The quantitative estimate of drug-likeness (QED) is 0.137. The number of hydrogen-bond donors (Lipinski definition) is 4. The summed E-state index contributed by atoms with van der Waals surface area (Å²) in [5.41, 5.74) is 2.48. The molecule has 0 saturated carbocycles. The maximum atomic E-state index is 15.0. The number of pyridine rings is 1. The van der Waals surface area contributed by atoms with Crippen LogP contribution >= 0.6 is 0 Å². The minimum absolute atomic E-state index is 0.0732. The van der Waals surface area contributed by atoms with Gasteiger partial charge in [-0.3, -0.25) is 19.2 Å². The zero-order valence-corrected chi connectivity index (χ0v) is 35.4. The fraction of sp³-hybridized carbons (Fsp3) is 0.571. The molecule has 312 valence electrons. The van der Waals surface area contributed by atoms with E-state index in [2.05, 4.69) is 26.3 Å². The highest BCUT2D eigenvalue weighted by molar-refractivity contribution is 7.89. The predicted octanol–water partition coefficient (Wildman–Crippen LogP) is 3.76. The highest BCUT2D eigenvalue weighted by atomic mass is 32.2. The van der Waals surface area contributed by atoms with Crippen molar-refractivity contribution in [3.05, 3.63) is 71.4 Å². The Bertz CT molecular complexity index is 1870. The number of amides is 5. The molecule has 4 rings (SSSR count). The van der Waals surface area contributed by atoms with Crippen LogP contribution in [0.1, 0.15) is 85.3 Å². The second-order valence-electron chi connectivity index (χ2n) is 16.5. The van der Waals surface area contributed by atoms with Crippen LogP contribution in [0.25, 0.3) is 0 Å². The molecule has 1 aliphatic heterocycles. The van der Waals surface area contributed by atoms with Gasteiger partial charge in [0, 0.05) is 44.8 Å². The van der Waals surface area contributed by atoms with Gasteiger partial charge in [-0.25, -0.2) is 18.2 Å². The molecular weight excluding hydrogens is 747 g/mol. The lowest BCUT2D eigenvalue weighted by Gasteiger charge is -2.36. The monoisotopic (exact) mass is 807 g/mol. The number of aromatic nitrogens is 1. The number of urea groups is 1. The topological polar surface area (TPSA) is 187 Å². The van der Waals surface area contributed by atoms with E-state index < -0.39 is 69.1 Å². The van der Waals surface area contributed by atoms with Gasteiger partial charge < -0.3 is 26.2 Å². The zero-order chi connectivity index (χ0) is 42.1. The zero-order valence-electron chi connectivity index (χ0n) is 34.6. The van der Waals surface area contributed by atoms with Crippen molar-refractivity contribution in [2.75, 3.05) is 26.7 Å². The summed E-state index contributed by atoms with van der Waals surface area (Å²) in [6, 6.07) is 8.05. The molecule has 5 atom stereocenters. The number of carbonyl (C=O) groups excluding carboxylic acids is 5. The number of fused-ring (bicyclic) bond motifs is 1. The molecule has 1 saturated heterocycles. The number of unbranched alkanes of at least 4 members (excludes halogenated alkanes) is 1. The number of hydrogen-bond acceptors (Lipinski definition) is 8. The smallest absolute Gasteiger partial charge is 0.315 e. The van der Waals surface area contributed by atoms with Crippen molar-refractivity contribution < 1.29 is 32.4 Å². The number of rotatable bonds is 17. The number of likely N-dealkylation sites (tertiary alicyclic amines) is 1. The Balaban J connectivity index is 1.64. The van der Waals surface area contributed by atoms with Crippen molar-refractivity contribution >= 4 is 39.6 Å². The van der Waals surface area contributed by atoms with Crippen molar-refractivity contribution in [1.82, 2.24) is 35.5 Å². The second-order valence-corrected chi connectivity index (χ2v) is 18.5. The summed E-state index contributed by atoms with van der Waals surface area (Å²) >= 11 is 0. The Morgan fingerprint density at radius 1 is 0.965 bits per heavy atom. The first kappa shape index (κ1) is 45.1. The minimum atomic E-state index is -3.97. The van der Waals surface area contributed by atoms with Gasteiger partial charge in [0.15, 0.2) is 5.03 Å². The van der Waals surface area contributed by atoms with Gasteiger partial charge in [0.05, 0.1) is 6.04 Å². The SMILES string of the molecule is CCCCC(NC(=O)[C@@H]1[C@@H](C=C(C)C)CCN1C(=O)[C@@H](NC(=O)N[C@H](CN(C)S(=O)(=O)c1ccccn1)C(C)(C)C)C1Cc2ccccc2C1)C(=O)C(=O)NCC. The number of carbonyl (C=O) groups is 5. The van der Waals surface area contributed by atoms with Crippen molar-refractivity contribution in [2.24, 2.45) is 17.3 Å². The van der Waals surface area contributed by atoms with Crippen LogP contribution in [0.3, 0.4) is 0 Å². The Morgan fingerprint density at radius 2 is 1.61 bits per heavy atom. The summed E-state index contributed by atoms with van der Waals surface area (Å²) in [7, 11) is -2.54. The maximum Gasteiger partial charge on any atom is 0.315 e. The highest BCUT2D eigenvalue weighted by Gasteiger charge is 2.46. The van der Waals surface area contributed by atoms with Gasteiger partial charge in [0.2, 0.25) is 17.6 Å². The molecule has 1 aliphatic carbocycles. The van der Waals surface area contributed by atoms with Crippen LogP contribution in [0.15, 0.2) is 65.3 Å². The Morgan fingerprint density at radius 3 is 2.18 bits per heavy atom. The normalized spacial score (nSPS) is 18.6. The van der Waals surface area contributed by atoms with Gasteiger partial charge >= 0.3 is 6.03 Å². The Kier molecular flexibility index (Phi) is 15.6. The van der Waals surface area contributed by atoms with E-state index in [0.717, 1.165) is 27.4 Å². The van der Waals surface area contributed by atoms with Crippen LogP contribution in [0.2, 0.25) is 0 Å². The first-order valence-electron chi connectivity index (χ1n) is 20.0. The number of allylic oxidation sites excluding steroid dienone is 1. The van der Waals surface area contributed by atoms with E-state index in [-0.39, 0.29) is 42.9 Å². The average molecular weight is 808 g/mol. The molecule has 2 heterocycles. The average Bonchev–Trinajstić information content (AvgIpc) is 3.79. The second kappa shape index (κ2) is 19.7. The van der Waals surface area contributed by atoms with E-state index in [1.54, 1.807) is 19.1 Å². The molecule has 1 aromatic carbocycles. The van der Waals surface area contributed by atoms with Crippen molar-refractivity contribution in [2.45, 2.75) is 116 Å². The van der Waals surface area contributed by atoms with E-state index in [0.29, 0.717) is 25.7 Å². The molecule has 5 amide bonds. The fourth-order valence-electron chi connectivity index (χ4n) is 7.62. The fourth-order valence-corrected chi connectivity index (χ4v) is 8.73. The molecule has 0 bridgehead atoms. The third-order valence-corrected chi connectivity index (χ3v) is 12.5. The van der Waals surface area contributed by atoms with Crippen LogP contribution in [0.5, 0.6) is 0 Å². The molecule has 0 spiro atoms. The number of sulfonamides is 1. The predicted molar refractivity (Wildman–Crippen MR) is 218 cm³/mol. The number of ketones is 1. The van der Waals surface area contributed by atoms with Gasteiger partial charge in [0.1, 0.15) is 12.1 Å². The summed E-state index contributed by atoms with van der Waals surface area (Å²) in [6.45, 7) is 13.6. The molecular formula is C42H61N7O7S. The molecule has 57 heavy (non-hydrogen) atoms. The van der Waals surface area contributed by atoms with Gasteiger partial charge in [-0.15, -0.1) is 0 Å². The molecule has 1 unspecified atom stereocenters. The molecule has 15 heteroatoms. The van der Waals surface area contributed by atoms with Gasteiger partial charge in [-0.2, -0.15) is 4.31 Å². The van der Waals surface area contributed by atoms with Crippen molar-refractivity contribution in [3.63, 3.8) is 0 Å². The largest absolute Gasteiger partial charge is 0.350 e. The standard InChI is InChI=1S/C42H61N7O7S/c1-9-11-18-32(37(50)39(52)43-10-2)45-38(51)36-30(23-27(3)4)20-22-49(36)40(53)35(31-24-28-16-12-13-17-29(28)25-31)47-41(54)46-33(42(5,6)7)26-48(8)57(55,56)34-19-14-15-21-44-34/h12-17,19,21,23,30-33,35-36H,9-11,18,20,22,24-26H2,1-8H3,(H,43,52)(H,45,51)(H2,46,47,54)/t30-,32?,33-,35+,36+/m1/s1. The molecule has 0 radical (unpaired) electrons. The van der Waals surface area contributed by atoms with Crippen LogP contribution in [0.4, 0.5) is 4.79 Å². The Labute approximate surface area is 338 Å². The summed E-state index contributed by atoms with van der Waals surface area (Å²) in [5.74, 6) is -3.20. The lowest BCUT2D eigenvalue weighted by atomic mass is 9.86. The van der Waals surface area contributed by atoms with Crippen LogP contribution in [0, 0.1) is 17.3 Å². The molecule has 1 aromatic heterocycles. The number of nitrogens with zero attached hydrogens (tertiary/aromatic N) is 3. The third kappa shape index (κ3) is 11.5. The summed E-state index contributed by atoms with van der Waals surface area (Å²) in [6.07, 6.45) is 6.48. The summed E-state index contributed by atoms with van der Waals surface area (Å²) in [4.78, 5) is 74.7. The van der Waals surface area contributed by atoms with Gasteiger partial charge in [-0.1, -0.05) is 82.5 Å². The summed E-state index contributed by atoms with van der Waals surface area (Å²) < 4.78 is 27.9. The Hall–Kier alpha value is -4.63. The van der Waals surface area contributed by atoms with E-state index in [9.17, 15) is 32.4 Å². The lowest BCUT2D eigenvalue weighted by molar-refractivity contribution is -0.143. The van der Waals surface area contributed by atoms with Crippen molar-refractivity contribution in [1.29, 1.82) is 0 Å². The number of likely N-dealkylation sites (N-methyl/N-ethyl adjacent to an activating group) is 2. The van der Waals surface area contributed by atoms with Crippen LogP contribution < -0.4 is 21.3 Å². The van der Waals surface area contributed by atoms with Crippen LogP contribution in [-0.2, 0) is 42.0 Å². The molecule has 1 fully saturated rings. The molecule has 2 aromatic rings. The van der Waals surface area contributed by atoms with Crippen LogP contribution in [-0.4, -0.2) is 103 Å².